The van der Waals surface area contributed by atoms with E-state index in [4.69, 9.17) is 4.74 Å². The van der Waals surface area contributed by atoms with Gasteiger partial charge in [-0.3, -0.25) is 4.79 Å². The van der Waals surface area contributed by atoms with E-state index in [-0.39, 0.29) is 5.41 Å². The summed E-state index contributed by atoms with van der Waals surface area (Å²) in [4.78, 5) is 12.4. The van der Waals surface area contributed by atoms with Crippen LogP contribution in [0.5, 0.6) is 0 Å². The third-order valence-electron chi connectivity index (χ3n) is 7.70. The van der Waals surface area contributed by atoms with Crippen LogP contribution < -0.4 is 0 Å². The molecule has 0 aliphatic heterocycles. The first-order valence-electron chi connectivity index (χ1n) is 8.97. The summed E-state index contributed by atoms with van der Waals surface area (Å²) in [5.74, 6) is 3.78. The highest BCUT2D eigenvalue weighted by atomic mass is 16.5. The minimum absolute atomic E-state index is 0.00886. The highest BCUT2D eigenvalue weighted by Gasteiger charge is 2.58. The van der Waals surface area contributed by atoms with Crippen molar-refractivity contribution in [2.24, 2.45) is 28.6 Å². The van der Waals surface area contributed by atoms with Gasteiger partial charge in [0.2, 0.25) is 0 Å². The van der Waals surface area contributed by atoms with Crippen molar-refractivity contribution >= 4 is 5.78 Å². The van der Waals surface area contributed by atoms with Crippen LogP contribution >= 0.6 is 0 Å². The molecule has 0 spiro atoms. The van der Waals surface area contributed by atoms with Crippen molar-refractivity contribution in [1.29, 1.82) is 0 Å². The maximum atomic E-state index is 12.4. The van der Waals surface area contributed by atoms with Gasteiger partial charge in [-0.1, -0.05) is 19.9 Å². The molecule has 4 aliphatic carbocycles. The normalized spacial score (nSPS) is 47.0. The van der Waals surface area contributed by atoms with Crippen molar-refractivity contribution in [3.63, 3.8) is 0 Å². The quantitative estimate of drug-likeness (QED) is 0.704. The van der Waals surface area contributed by atoms with Crippen molar-refractivity contribution < 1.29 is 9.53 Å². The van der Waals surface area contributed by atoms with Crippen molar-refractivity contribution in [3.05, 3.63) is 23.5 Å². The standard InChI is InChI=1S/C20H28O2/c1-19-10-8-14(22-3)12-13(19)4-5-15-16-6-7-18(21)20(16,2)11-9-17(15)19/h4,12,15-17H,5-11H2,1-3H3/t15-,16-,17-,19-,20-/m0/s1. The molecule has 0 heterocycles. The molecule has 2 heteroatoms. The van der Waals surface area contributed by atoms with Crippen LogP contribution in [0.1, 0.15) is 58.8 Å². The second-order valence-corrected chi connectivity index (χ2v) is 8.42. The Balaban J connectivity index is 1.71. The molecule has 4 aliphatic rings. The fourth-order valence-corrected chi connectivity index (χ4v) is 6.23. The van der Waals surface area contributed by atoms with Crippen LogP contribution in [-0.4, -0.2) is 12.9 Å². The summed E-state index contributed by atoms with van der Waals surface area (Å²) in [7, 11) is 1.79. The van der Waals surface area contributed by atoms with Crippen molar-refractivity contribution in [2.45, 2.75) is 58.8 Å². The van der Waals surface area contributed by atoms with Crippen molar-refractivity contribution in [3.8, 4) is 0 Å². The summed E-state index contributed by atoms with van der Waals surface area (Å²) in [6.45, 7) is 4.73. The minimum atomic E-state index is -0.00886. The molecule has 2 nitrogen and oxygen atoms in total. The molecular formula is C20H28O2. The summed E-state index contributed by atoms with van der Waals surface area (Å²) in [5.41, 5.74) is 1.80. The average Bonchev–Trinajstić information content (AvgIpc) is 2.82. The van der Waals surface area contributed by atoms with Gasteiger partial charge in [0, 0.05) is 18.3 Å². The lowest BCUT2D eigenvalue weighted by Gasteiger charge is -2.55. The fourth-order valence-electron chi connectivity index (χ4n) is 6.23. The number of ketones is 1. The Morgan fingerprint density at radius 1 is 1.09 bits per heavy atom. The van der Waals surface area contributed by atoms with E-state index in [1.807, 2.05) is 0 Å². The molecule has 5 atom stereocenters. The van der Waals surface area contributed by atoms with Gasteiger partial charge < -0.3 is 4.74 Å². The molecule has 22 heavy (non-hydrogen) atoms. The predicted octanol–water partition coefficient (Wildman–Crippen LogP) is 4.66. The Hall–Kier alpha value is -1.05. The maximum absolute atomic E-state index is 12.4. The van der Waals surface area contributed by atoms with E-state index in [2.05, 4.69) is 26.0 Å². The average molecular weight is 300 g/mol. The summed E-state index contributed by atoms with van der Waals surface area (Å²) < 4.78 is 5.50. The Morgan fingerprint density at radius 3 is 2.64 bits per heavy atom. The molecule has 0 bridgehead atoms. The van der Waals surface area contributed by atoms with Gasteiger partial charge in [0.05, 0.1) is 12.9 Å². The summed E-state index contributed by atoms with van der Waals surface area (Å²) in [6, 6.07) is 0. The lowest BCUT2D eigenvalue weighted by atomic mass is 9.49. The zero-order chi connectivity index (χ0) is 15.5. The van der Waals surface area contributed by atoms with E-state index >= 15 is 0 Å². The predicted molar refractivity (Wildman–Crippen MR) is 87.2 cm³/mol. The molecule has 2 saturated carbocycles. The molecule has 2 fully saturated rings. The van der Waals surface area contributed by atoms with E-state index in [9.17, 15) is 4.79 Å². The Morgan fingerprint density at radius 2 is 1.86 bits per heavy atom. The van der Waals surface area contributed by atoms with Gasteiger partial charge in [-0.05, 0) is 66.9 Å². The molecule has 120 valence electrons. The number of carbonyl (C=O) groups excluding carboxylic acids is 1. The van der Waals surface area contributed by atoms with E-state index in [1.165, 1.54) is 18.4 Å². The van der Waals surface area contributed by atoms with E-state index in [0.29, 0.717) is 17.1 Å². The number of hydrogen-bond acceptors (Lipinski definition) is 2. The van der Waals surface area contributed by atoms with Gasteiger partial charge >= 0.3 is 0 Å². The van der Waals surface area contributed by atoms with E-state index in [0.717, 1.165) is 49.7 Å². The molecule has 0 amide bonds. The number of Topliss-reactive ketones (excluding diaryl/α,β-unsaturated/α-hetero) is 1. The third kappa shape index (κ3) is 1.76. The fraction of sp³-hybridized carbons (Fsp3) is 0.750. The van der Waals surface area contributed by atoms with Crippen LogP contribution in [0.25, 0.3) is 0 Å². The zero-order valence-corrected chi connectivity index (χ0v) is 14.2. The first-order valence-corrected chi connectivity index (χ1v) is 8.97. The van der Waals surface area contributed by atoms with Crippen LogP contribution in [0.4, 0.5) is 0 Å². The smallest absolute Gasteiger partial charge is 0.139 e. The molecule has 0 aromatic carbocycles. The van der Waals surface area contributed by atoms with Gasteiger partial charge in [-0.2, -0.15) is 0 Å². The van der Waals surface area contributed by atoms with Crippen LogP contribution in [0.3, 0.4) is 0 Å². The molecule has 0 radical (unpaired) electrons. The maximum Gasteiger partial charge on any atom is 0.139 e. The first-order chi connectivity index (χ1) is 10.5. The molecule has 0 aromatic rings. The number of fused-ring (bicyclic) bond motifs is 5. The van der Waals surface area contributed by atoms with Crippen LogP contribution in [0, 0.1) is 28.6 Å². The number of carbonyl (C=O) groups is 1. The lowest BCUT2D eigenvalue weighted by Crippen LogP contribution is -2.49. The highest BCUT2D eigenvalue weighted by molar-refractivity contribution is 5.87. The summed E-state index contributed by atoms with van der Waals surface area (Å²) >= 11 is 0. The van der Waals surface area contributed by atoms with Crippen LogP contribution in [-0.2, 0) is 9.53 Å². The largest absolute Gasteiger partial charge is 0.501 e. The number of ether oxygens (including phenoxy) is 1. The Labute approximate surface area is 134 Å². The topological polar surface area (TPSA) is 26.3 Å². The number of rotatable bonds is 1. The SMILES string of the molecule is COC1=CC2=CC[C@@H]3[C@H](CC[C@]4(C)C(=O)CC[C@@H]34)[C@@]2(C)CC1. The van der Waals surface area contributed by atoms with Crippen LogP contribution in [0.2, 0.25) is 0 Å². The van der Waals surface area contributed by atoms with Gasteiger partial charge in [-0.15, -0.1) is 0 Å². The number of methoxy groups -OCH3 is 1. The van der Waals surface area contributed by atoms with E-state index < -0.39 is 0 Å². The molecule has 4 rings (SSSR count). The van der Waals surface area contributed by atoms with Crippen molar-refractivity contribution in [1.82, 2.24) is 0 Å². The highest BCUT2D eigenvalue weighted by Crippen LogP contribution is 2.63. The van der Waals surface area contributed by atoms with Crippen molar-refractivity contribution in [2.75, 3.05) is 7.11 Å². The number of hydrogen-bond donors (Lipinski definition) is 0. The van der Waals surface area contributed by atoms with Gasteiger partial charge in [0.25, 0.3) is 0 Å². The molecule has 0 aromatic heterocycles. The van der Waals surface area contributed by atoms with E-state index in [1.54, 1.807) is 7.11 Å². The zero-order valence-electron chi connectivity index (χ0n) is 14.2. The molecule has 0 saturated heterocycles. The van der Waals surface area contributed by atoms with Gasteiger partial charge in [0.1, 0.15) is 5.78 Å². The Kier molecular flexibility index (Phi) is 3.12. The first kappa shape index (κ1) is 14.5. The monoisotopic (exact) mass is 300 g/mol. The molecule has 0 unspecified atom stereocenters. The second kappa shape index (κ2) is 4.72. The van der Waals surface area contributed by atoms with Crippen LogP contribution in [0.15, 0.2) is 23.5 Å². The summed E-state index contributed by atoms with van der Waals surface area (Å²) in [5, 5.41) is 0. The Bertz CT molecular complexity index is 572. The lowest BCUT2D eigenvalue weighted by molar-refractivity contribution is -0.131. The van der Waals surface area contributed by atoms with Gasteiger partial charge in [0.15, 0.2) is 0 Å². The second-order valence-electron chi connectivity index (χ2n) is 8.42. The molecule has 0 N–H and O–H groups in total. The number of allylic oxidation sites excluding steroid dienone is 4. The van der Waals surface area contributed by atoms with Gasteiger partial charge in [-0.25, -0.2) is 0 Å². The minimum Gasteiger partial charge on any atom is -0.501 e. The third-order valence-corrected chi connectivity index (χ3v) is 7.70. The summed E-state index contributed by atoms with van der Waals surface area (Å²) in [6.07, 6.45) is 12.5. The molecular weight excluding hydrogens is 272 g/mol.